The second-order valence-corrected chi connectivity index (χ2v) is 9.40. The maximum atomic E-state index is 12.7. The van der Waals surface area contributed by atoms with Crippen molar-refractivity contribution in [3.63, 3.8) is 0 Å². The number of amides is 1. The lowest BCUT2D eigenvalue weighted by Gasteiger charge is -2.34. The van der Waals surface area contributed by atoms with E-state index in [-0.39, 0.29) is 5.91 Å². The number of anilines is 2. The van der Waals surface area contributed by atoms with Crippen LogP contribution in [0.25, 0.3) is 0 Å². The summed E-state index contributed by atoms with van der Waals surface area (Å²) >= 11 is 0. The highest BCUT2D eigenvalue weighted by Crippen LogP contribution is 2.22. The maximum absolute atomic E-state index is 12.7. The lowest BCUT2D eigenvalue weighted by molar-refractivity contribution is 0.0951. The molecule has 156 valence electrons. The van der Waals surface area contributed by atoms with Gasteiger partial charge < -0.3 is 15.1 Å². The highest BCUT2D eigenvalue weighted by molar-refractivity contribution is 7.92. The minimum atomic E-state index is -3.45. The van der Waals surface area contributed by atoms with Crippen LogP contribution in [0.1, 0.15) is 15.9 Å². The Morgan fingerprint density at radius 1 is 1.03 bits per heavy atom. The van der Waals surface area contributed by atoms with E-state index in [2.05, 4.69) is 34.3 Å². The largest absolute Gasteiger partial charge is 0.369 e. The van der Waals surface area contributed by atoms with Gasteiger partial charge in [-0.1, -0.05) is 24.3 Å². The second-order valence-electron chi connectivity index (χ2n) is 7.39. The first-order chi connectivity index (χ1) is 13.8. The van der Waals surface area contributed by atoms with Gasteiger partial charge >= 0.3 is 0 Å². The molecule has 0 atom stereocenters. The van der Waals surface area contributed by atoms with E-state index in [1.54, 1.807) is 24.3 Å². The lowest BCUT2D eigenvalue weighted by Crippen LogP contribution is -2.44. The van der Waals surface area contributed by atoms with Gasteiger partial charge in [0.2, 0.25) is 10.0 Å². The molecule has 1 heterocycles. The predicted octanol–water partition coefficient (Wildman–Crippen LogP) is 1.76. The molecule has 8 heteroatoms. The van der Waals surface area contributed by atoms with Crippen LogP contribution in [0.4, 0.5) is 11.4 Å². The molecule has 0 aromatic heterocycles. The van der Waals surface area contributed by atoms with Gasteiger partial charge in [0, 0.05) is 45.5 Å². The average Bonchev–Trinajstić information content (AvgIpc) is 2.72. The van der Waals surface area contributed by atoms with Gasteiger partial charge in [-0.05, 0) is 36.9 Å². The number of likely N-dealkylation sites (N-methyl/N-ethyl adjacent to an activating group) is 1. The van der Waals surface area contributed by atoms with Crippen LogP contribution in [-0.2, 0) is 16.6 Å². The predicted molar refractivity (Wildman–Crippen MR) is 117 cm³/mol. The molecule has 1 saturated heterocycles. The molecule has 0 spiro atoms. The second kappa shape index (κ2) is 8.84. The molecule has 1 aliphatic heterocycles. The summed E-state index contributed by atoms with van der Waals surface area (Å²) in [6.45, 7) is 4.51. The van der Waals surface area contributed by atoms with E-state index in [9.17, 15) is 13.2 Å². The van der Waals surface area contributed by atoms with Crippen LogP contribution in [-0.4, -0.2) is 65.8 Å². The quantitative estimate of drug-likeness (QED) is 0.777. The zero-order valence-corrected chi connectivity index (χ0v) is 17.9. The third-order valence-corrected chi connectivity index (χ3v) is 6.43. The van der Waals surface area contributed by atoms with Gasteiger partial charge in [-0.15, -0.1) is 0 Å². The maximum Gasteiger partial charge on any atom is 0.253 e. The minimum Gasteiger partial charge on any atom is -0.369 e. The standard InChI is InChI=1S/C21H28N4O3S/c1-23-12-14-25(15-13-23)18-10-8-17(9-11-18)16-22-21(26)19-6-4-5-7-20(19)24(2)29(3,27)28/h4-11H,12-16H2,1-3H3,(H,22,26). The molecule has 3 rings (SSSR count). The van der Waals surface area contributed by atoms with Crippen molar-refractivity contribution in [3.05, 3.63) is 59.7 Å². The molecule has 0 unspecified atom stereocenters. The summed E-state index contributed by atoms with van der Waals surface area (Å²) in [5, 5.41) is 2.89. The third kappa shape index (κ3) is 5.27. The first-order valence-electron chi connectivity index (χ1n) is 9.59. The van der Waals surface area contributed by atoms with E-state index in [0.717, 1.165) is 42.3 Å². The molecule has 2 aromatic rings. The van der Waals surface area contributed by atoms with E-state index in [0.29, 0.717) is 17.8 Å². The molecule has 1 N–H and O–H groups in total. The zero-order chi connectivity index (χ0) is 21.0. The summed E-state index contributed by atoms with van der Waals surface area (Å²) in [4.78, 5) is 17.3. The SMILES string of the molecule is CN1CCN(c2ccc(CNC(=O)c3ccccc3N(C)S(C)(=O)=O)cc2)CC1. The normalized spacial score (nSPS) is 15.2. The Kier molecular flexibility index (Phi) is 6.44. The number of carbonyl (C=O) groups excluding carboxylic acids is 1. The number of nitrogens with one attached hydrogen (secondary N) is 1. The molecule has 0 aliphatic carbocycles. The average molecular weight is 417 g/mol. The Hall–Kier alpha value is -2.58. The molecule has 2 aromatic carbocycles. The Balaban J connectivity index is 1.64. The number of sulfonamides is 1. The summed E-state index contributed by atoms with van der Waals surface area (Å²) in [6, 6.07) is 14.9. The van der Waals surface area contributed by atoms with Crippen LogP contribution in [0.2, 0.25) is 0 Å². The van der Waals surface area contributed by atoms with E-state index in [1.807, 2.05) is 12.1 Å². The van der Waals surface area contributed by atoms with Gasteiger partial charge in [-0.3, -0.25) is 9.10 Å². The van der Waals surface area contributed by atoms with E-state index in [4.69, 9.17) is 0 Å². The Bertz CT molecular complexity index is 952. The van der Waals surface area contributed by atoms with Gasteiger partial charge in [-0.25, -0.2) is 8.42 Å². The van der Waals surface area contributed by atoms with Crippen LogP contribution in [0, 0.1) is 0 Å². The molecule has 0 bridgehead atoms. The Morgan fingerprint density at radius 2 is 1.66 bits per heavy atom. The number of hydrogen-bond acceptors (Lipinski definition) is 5. The van der Waals surface area contributed by atoms with Crippen LogP contribution in [0.5, 0.6) is 0 Å². The Morgan fingerprint density at radius 3 is 2.28 bits per heavy atom. The van der Waals surface area contributed by atoms with Crippen molar-refractivity contribution in [3.8, 4) is 0 Å². The highest BCUT2D eigenvalue weighted by Gasteiger charge is 2.19. The molecule has 0 saturated carbocycles. The van der Waals surface area contributed by atoms with Crippen molar-refractivity contribution < 1.29 is 13.2 Å². The number of rotatable bonds is 6. The van der Waals surface area contributed by atoms with Gasteiger partial charge in [0.15, 0.2) is 0 Å². The van der Waals surface area contributed by atoms with Crippen LogP contribution in [0.3, 0.4) is 0 Å². The first kappa shape index (κ1) is 21.1. The number of piperazine rings is 1. The van der Waals surface area contributed by atoms with Gasteiger partial charge in [0.1, 0.15) is 0 Å². The number of para-hydroxylation sites is 1. The van der Waals surface area contributed by atoms with Crippen molar-refractivity contribution in [1.29, 1.82) is 0 Å². The minimum absolute atomic E-state index is 0.306. The summed E-state index contributed by atoms with van der Waals surface area (Å²) in [5.74, 6) is -0.306. The molecular formula is C21H28N4O3S. The van der Waals surface area contributed by atoms with Crippen LogP contribution < -0.4 is 14.5 Å². The summed E-state index contributed by atoms with van der Waals surface area (Å²) in [6.07, 6.45) is 1.11. The molecule has 0 radical (unpaired) electrons. The number of benzene rings is 2. The van der Waals surface area contributed by atoms with Crippen molar-refractivity contribution in [1.82, 2.24) is 10.2 Å². The molecule has 7 nitrogen and oxygen atoms in total. The summed E-state index contributed by atoms with van der Waals surface area (Å²) in [5.41, 5.74) is 2.87. The fourth-order valence-corrected chi connectivity index (χ4v) is 3.80. The van der Waals surface area contributed by atoms with Gasteiger partial charge in [0.05, 0.1) is 17.5 Å². The lowest BCUT2D eigenvalue weighted by atomic mass is 10.1. The van der Waals surface area contributed by atoms with Gasteiger partial charge in [-0.2, -0.15) is 0 Å². The molecule has 1 fully saturated rings. The van der Waals surface area contributed by atoms with E-state index in [1.165, 1.54) is 12.7 Å². The summed E-state index contributed by atoms with van der Waals surface area (Å²) < 4.78 is 24.8. The molecule has 1 aliphatic rings. The monoisotopic (exact) mass is 416 g/mol. The van der Waals surface area contributed by atoms with Crippen molar-refractivity contribution >= 4 is 27.3 Å². The Labute approximate surface area is 173 Å². The zero-order valence-electron chi connectivity index (χ0n) is 17.1. The van der Waals surface area contributed by atoms with Crippen molar-refractivity contribution in [2.75, 3.05) is 55.7 Å². The fraction of sp³-hybridized carbons (Fsp3) is 0.381. The molecule has 29 heavy (non-hydrogen) atoms. The van der Waals surface area contributed by atoms with E-state index < -0.39 is 10.0 Å². The first-order valence-corrected chi connectivity index (χ1v) is 11.4. The highest BCUT2D eigenvalue weighted by atomic mass is 32.2. The topological polar surface area (TPSA) is 73.0 Å². The van der Waals surface area contributed by atoms with E-state index >= 15 is 0 Å². The van der Waals surface area contributed by atoms with Gasteiger partial charge in [0.25, 0.3) is 5.91 Å². The fourth-order valence-electron chi connectivity index (χ4n) is 3.29. The van der Waals surface area contributed by atoms with Crippen LogP contribution in [0.15, 0.2) is 48.5 Å². The van der Waals surface area contributed by atoms with Crippen LogP contribution >= 0.6 is 0 Å². The third-order valence-electron chi connectivity index (χ3n) is 5.24. The van der Waals surface area contributed by atoms with Crippen molar-refractivity contribution in [2.24, 2.45) is 0 Å². The smallest absolute Gasteiger partial charge is 0.253 e. The number of carbonyl (C=O) groups is 1. The van der Waals surface area contributed by atoms with Crippen molar-refractivity contribution in [2.45, 2.75) is 6.54 Å². The molecule has 1 amide bonds. The number of hydrogen-bond donors (Lipinski definition) is 1. The molecular weight excluding hydrogens is 388 g/mol. The number of nitrogens with zero attached hydrogens (tertiary/aromatic N) is 3. The summed E-state index contributed by atoms with van der Waals surface area (Å²) in [7, 11) is 0.125.